The van der Waals surface area contributed by atoms with Crippen LogP contribution in [0.3, 0.4) is 0 Å². The van der Waals surface area contributed by atoms with E-state index >= 15 is 0 Å². The Kier molecular flexibility index (Phi) is 4.26. The van der Waals surface area contributed by atoms with Gasteiger partial charge in [0.2, 0.25) is 0 Å². The summed E-state index contributed by atoms with van der Waals surface area (Å²) in [6, 6.07) is 0. The molecule has 6 heteroatoms. The molecule has 16 heavy (non-hydrogen) atoms. The number of aliphatic carboxylic acids is 1. The van der Waals surface area contributed by atoms with Crippen LogP contribution in [0.25, 0.3) is 0 Å². The van der Waals surface area contributed by atoms with E-state index in [2.05, 4.69) is 4.98 Å². The van der Waals surface area contributed by atoms with Crippen LogP contribution in [0.5, 0.6) is 0 Å². The van der Waals surface area contributed by atoms with Gasteiger partial charge >= 0.3 is 5.97 Å². The van der Waals surface area contributed by atoms with Crippen LogP contribution in [0.2, 0.25) is 0 Å². The second-order valence-corrected chi connectivity index (χ2v) is 4.88. The number of hydrogen-bond acceptors (Lipinski definition) is 5. The summed E-state index contributed by atoms with van der Waals surface area (Å²) in [5, 5.41) is 9.69. The van der Waals surface area contributed by atoms with Gasteiger partial charge in [-0.15, -0.1) is 11.3 Å². The lowest BCUT2D eigenvalue weighted by Gasteiger charge is -2.10. The number of thiazole rings is 1. The fourth-order valence-electron chi connectivity index (χ4n) is 1.46. The van der Waals surface area contributed by atoms with Gasteiger partial charge in [-0.3, -0.25) is 4.79 Å². The van der Waals surface area contributed by atoms with Crippen molar-refractivity contribution in [2.75, 3.05) is 25.5 Å². The summed E-state index contributed by atoms with van der Waals surface area (Å²) in [6.45, 7) is 2.23. The summed E-state index contributed by atoms with van der Waals surface area (Å²) in [6.07, 6.45) is 0.0619. The van der Waals surface area contributed by atoms with Gasteiger partial charge in [0.1, 0.15) is 0 Å². The van der Waals surface area contributed by atoms with Crippen LogP contribution in [0.15, 0.2) is 0 Å². The third kappa shape index (κ3) is 2.93. The summed E-state index contributed by atoms with van der Waals surface area (Å²) in [5.41, 5.74) is 6.49. The highest BCUT2D eigenvalue weighted by molar-refractivity contribution is 7.15. The highest BCUT2D eigenvalue weighted by Crippen LogP contribution is 2.32. The van der Waals surface area contributed by atoms with Crippen molar-refractivity contribution >= 4 is 22.4 Å². The predicted molar refractivity (Wildman–Crippen MR) is 65.2 cm³/mol. The zero-order valence-corrected chi connectivity index (χ0v) is 10.5. The van der Waals surface area contributed by atoms with Gasteiger partial charge in [0, 0.05) is 31.4 Å². The van der Waals surface area contributed by atoms with Crippen LogP contribution in [0.4, 0.5) is 5.13 Å². The molecule has 1 aromatic rings. The first-order valence-electron chi connectivity index (χ1n) is 5.02. The molecule has 0 radical (unpaired) electrons. The Balaban J connectivity index is 2.96. The first-order chi connectivity index (χ1) is 7.45. The van der Waals surface area contributed by atoms with Crippen LogP contribution >= 0.6 is 11.3 Å². The SMILES string of the molecule is Cc1nc(N(C)C)sc1C(CN)CC(=O)O. The van der Waals surface area contributed by atoms with E-state index in [4.69, 9.17) is 10.8 Å². The fourth-order valence-corrected chi connectivity index (χ4v) is 2.56. The molecule has 0 saturated heterocycles. The maximum Gasteiger partial charge on any atom is 0.304 e. The summed E-state index contributed by atoms with van der Waals surface area (Å²) in [5.74, 6) is -0.960. The average Bonchev–Trinajstić information content (AvgIpc) is 2.56. The monoisotopic (exact) mass is 243 g/mol. The Morgan fingerprint density at radius 1 is 1.62 bits per heavy atom. The molecule has 0 amide bonds. The molecule has 0 aromatic carbocycles. The van der Waals surface area contributed by atoms with Gasteiger partial charge in [-0.1, -0.05) is 0 Å². The van der Waals surface area contributed by atoms with Gasteiger partial charge in [-0.25, -0.2) is 4.98 Å². The molecule has 0 aliphatic heterocycles. The van der Waals surface area contributed by atoms with E-state index < -0.39 is 5.97 Å². The van der Waals surface area contributed by atoms with Crippen LogP contribution in [-0.4, -0.2) is 36.7 Å². The zero-order chi connectivity index (χ0) is 12.3. The van der Waals surface area contributed by atoms with Crippen LogP contribution in [0.1, 0.15) is 22.9 Å². The lowest BCUT2D eigenvalue weighted by molar-refractivity contribution is -0.137. The molecule has 1 atom stereocenters. The van der Waals surface area contributed by atoms with Crippen molar-refractivity contribution in [3.05, 3.63) is 10.6 Å². The van der Waals surface area contributed by atoms with Crippen molar-refractivity contribution in [3.8, 4) is 0 Å². The number of hydrogen-bond donors (Lipinski definition) is 2. The first-order valence-corrected chi connectivity index (χ1v) is 5.83. The third-order valence-electron chi connectivity index (χ3n) is 2.28. The number of anilines is 1. The van der Waals surface area contributed by atoms with Gasteiger partial charge in [0.15, 0.2) is 5.13 Å². The summed E-state index contributed by atoms with van der Waals surface area (Å²) >= 11 is 1.51. The van der Waals surface area contributed by atoms with E-state index in [9.17, 15) is 4.79 Å². The minimum Gasteiger partial charge on any atom is -0.481 e. The lowest BCUT2D eigenvalue weighted by atomic mass is 10.0. The molecule has 0 bridgehead atoms. The summed E-state index contributed by atoms with van der Waals surface area (Å²) in [4.78, 5) is 18.0. The molecule has 90 valence electrons. The lowest BCUT2D eigenvalue weighted by Crippen LogP contribution is -2.16. The minimum absolute atomic E-state index is 0.0619. The highest BCUT2D eigenvalue weighted by atomic mass is 32.1. The van der Waals surface area contributed by atoms with Gasteiger partial charge in [-0.05, 0) is 6.92 Å². The Morgan fingerprint density at radius 3 is 2.62 bits per heavy atom. The van der Waals surface area contributed by atoms with Crippen molar-refractivity contribution in [1.82, 2.24) is 4.98 Å². The van der Waals surface area contributed by atoms with E-state index in [1.807, 2.05) is 25.9 Å². The molecule has 0 aliphatic rings. The van der Waals surface area contributed by atoms with Gasteiger partial charge < -0.3 is 15.7 Å². The molecule has 1 unspecified atom stereocenters. The first kappa shape index (κ1) is 12.9. The summed E-state index contributed by atoms with van der Waals surface area (Å²) in [7, 11) is 3.83. The van der Waals surface area contributed by atoms with Crippen LogP contribution < -0.4 is 10.6 Å². The number of carboxylic acid groups (broad SMARTS) is 1. The number of carbonyl (C=O) groups is 1. The Hall–Kier alpha value is -1.14. The topological polar surface area (TPSA) is 79.5 Å². The van der Waals surface area contributed by atoms with Gasteiger partial charge in [0.05, 0.1) is 12.1 Å². The van der Waals surface area contributed by atoms with E-state index in [-0.39, 0.29) is 12.3 Å². The highest BCUT2D eigenvalue weighted by Gasteiger charge is 2.20. The molecular formula is C10H17N3O2S. The molecule has 5 nitrogen and oxygen atoms in total. The minimum atomic E-state index is -0.824. The van der Waals surface area contributed by atoms with E-state index in [0.29, 0.717) is 6.54 Å². The Bertz CT molecular complexity index is 376. The second kappa shape index (κ2) is 5.27. The van der Waals surface area contributed by atoms with Crippen molar-refractivity contribution in [1.29, 1.82) is 0 Å². The van der Waals surface area contributed by atoms with E-state index in [1.165, 1.54) is 11.3 Å². The van der Waals surface area contributed by atoms with E-state index in [1.54, 1.807) is 0 Å². The van der Waals surface area contributed by atoms with Crippen molar-refractivity contribution in [2.24, 2.45) is 5.73 Å². The molecule has 0 fully saturated rings. The smallest absolute Gasteiger partial charge is 0.304 e. The van der Waals surface area contributed by atoms with Gasteiger partial charge in [0.25, 0.3) is 0 Å². The van der Waals surface area contributed by atoms with E-state index in [0.717, 1.165) is 15.7 Å². The fraction of sp³-hybridized carbons (Fsp3) is 0.600. The van der Waals surface area contributed by atoms with Crippen molar-refractivity contribution < 1.29 is 9.90 Å². The molecule has 3 N–H and O–H groups in total. The zero-order valence-electron chi connectivity index (χ0n) is 9.73. The molecule has 0 aliphatic carbocycles. The average molecular weight is 243 g/mol. The van der Waals surface area contributed by atoms with Crippen molar-refractivity contribution in [2.45, 2.75) is 19.3 Å². The maximum atomic E-state index is 10.7. The normalized spacial score (nSPS) is 12.5. The molecule has 1 heterocycles. The Labute approximate surface area is 98.9 Å². The molecular weight excluding hydrogens is 226 g/mol. The molecule has 1 rings (SSSR count). The number of nitrogens with zero attached hydrogens (tertiary/aromatic N) is 2. The second-order valence-electron chi connectivity index (χ2n) is 3.87. The molecule has 0 saturated carbocycles. The number of aromatic nitrogens is 1. The third-order valence-corrected chi connectivity index (χ3v) is 3.77. The van der Waals surface area contributed by atoms with Crippen LogP contribution in [0, 0.1) is 6.92 Å². The summed E-state index contributed by atoms with van der Waals surface area (Å²) < 4.78 is 0. The largest absolute Gasteiger partial charge is 0.481 e. The predicted octanol–water partition coefficient (Wildman–Crippen LogP) is 1.03. The number of nitrogens with two attached hydrogens (primary N) is 1. The number of aryl methyl sites for hydroxylation is 1. The van der Waals surface area contributed by atoms with Crippen molar-refractivity contribution in [3.63, 3.8) is 0 Å². The van der Waals surface area contributed by atoms with Gasteiger partial charge in [-0.2, -0.15) is 0 Å². The Morgan fingerprint density at radius 2 is 2.25 bits per heavy atom. The maximum absolute atomic E-state index is 10.7. The number of rotatable bonds is 5. The number of carboxylic acids is 1. The molecule has 1 aromatic heterocycles. The van der Waals surface area contributed by atoms with Crippen LogP contribution in [-0.2, 0) is 4.79 Å². The standard InChI is InChI=1S/C10H17N3O2S/c1-6-9(7(5-11)4-8(14)15)16-10(12-6)13(2)3/h7H,4-5,11H2,1-3H3,(H,14,15). The quantitative estimate of drug-likeness (QED) is 0.807. The molecule has 0 spiro atoms.